The second-order valence-corrected chi connectivity index (χ2v) is 20.9. The van der Waals surface area contributed by atoms with E-state index in [2.05, 4.69) is 50.8 Å². The number of carbonyl (C=O) groups excluding carboxylic acids is 2. The van der Waals surface area contributed by atoms with Crippen LogP contribution in [0.2, 0.25) is 18.1 Å². The highest BCUT2D eigenvalue weighted by Crippen LogP contribution is 2.47. The maximum Gasteiger partial charge on any atom is 0.338 e. The molecule has 5 rings (SSSR count). The molecule has 0 saturated carbocycles. The average molecular weight is 818 g/mol. The maximum absolute atomic E-state index is 13.8. The van der Waals surface area contributed by atoms with E-state index in [0.29, 0.717) is 17.9 Å². The van der Waals surface area contributed by atoms with Gasteiger partial charge in [0.2, 0.25) is 0 Å². The van der Waals surface area contributed by atoms with Crippen LogP contribution in [0.1, 0.15) is 69.4 Å². The molecule has 3 aromatic carbocycles. The molecule has 58 heavy (non-hydrogen) atoms. The molecule has 0 amide bonds. The zero-order chi connectivity index (χ0) is 42.0. The molecular formula is C44H59N3O10Si. The van der Waals surface area contributed by atoms with E-state index in [-0.39, 0.29) is 18.3 Å². The molecule has 0 radical (unpaired) electrons. The second kappa shape index (κ2) is 20.2. The van der Waals surface area contributed by atoms with Crippen molar-refractivity contribution in [2.45, 2.75) is 135 Å². The van der Waals surface area contributed by atoms with Crippen molar-refractivity contribution < 1.29 is 47.2 Å². The molecule has 2 fully saturated rings. The van der Waals surface area contributed by atoms with Gasteiger partial charge < -0.3 is 37.6 Å². The molecular weight excluding hydrogens is 759 g/mol. The van der Waals surface area contributed by atoms with E-state index in [0.717, 1.165) is 11.1 Å². The number of methoxy groups -OCH3 is 1. The third kappa shape index (κ3) is 10.5. The molecule has 0 aromatic heterocycles. The van der Waals surface area contributed by atoms with Crippen LogP contribution in [0.15, 0.2) is 96.1 Å². The highest BCUT2D eigenvalue weighted by atomic mass is 28.4. The summed E-state index contributed by atoms with van der Waals surface area (Å²) in [7, 11) is -1.29. The molecule has 10 atom stereocenters. The minimum Gasteiger partial charge on any atom is -0.467 e. The number of nitrogens with zero attached hydrogens (tertiary/aromatic N) is 3. The maximum atomic E-state index is 13.8. The van der Waals surface area contributed by atoms with E-state index < -0.39 is 81.4 Å². The van der Waals surface area contributed by atoms with Gasteiger partial charge in [-0.15, -0.1) is 0 Å². The number of azide groups is 1. The van der Waals surface area contributed by atoms with Gasteiger partial charge >= 0.3 is 11.9 Å². The van der Waals surface area contributed by atoms with Gasteiger partial charge in [0, 0.05) is 10.8 Å². The van der Waals surface area contributed by atoms with Crippen molar-refractivity contribution in [1.29, 1.82) is 0 Å². The minimum atomic E-state index is -2.57. The molecule has 0 N–H and O–H groups in total. The first kappa shape index (κ1) is 45.0. The van der Waals surface area contributed by atoms with Crippen molar-refractivity contribution in [2.24, 2.45) is 17.0 Å². The summed E-state index contributed by atoms with van der Waals surface area (Å²) in [6.07, 6.45) is -7.79. The van der Waals surface area contributed by atoms with Gasteiger partial charge in [-0.25, -0.2) is 9.59 Å². The Morgan fingerprint density at radius 1 is 0.828 bits per heavy atom. The van der Waals surface area contributed by atoms with Gasteiger partial charge in [-0.1, -0.05) is 126 Å². The van der Waals surface area contributed by atoms with Gasteiger partial charge in [0.15, 0.2) is 33.1 Å². The quantitative estimate of drug-likeness (QED) is 0.0424. The van der Waals surface area contributed by atoms with Gasteiger partial charge in [-0.05, 0) is 59.3 Å². The van der Waals surface area contributed by atoms with Crippen LogP contribution >= 0.6 is 0 Å². The Hall–Kier alpha value is -4.11. The first-order valence-corrected chi connectivity index (χ1v) is 23.0. The molecule has 4 unspecified atom stereocenters. The Morgan fingerprint density at radius 2 is 1.38 bits per heavy atom. The Kier molecular flexibility index (Phi) is 15.7. The SMILES string of the molecule is CCC1O[C@@H](O[Si](C)(C)C(C)(C)C(C)C)C(N=[N+]=[N-])[C@@H](OCc2ccccc2)[C@H]1O[C@@H]1OC(C(=O)OC)[C@H](C)[C@H](OCc2ccccc2)C1OC(=O)c1ccccc1. The van der Waals surface area contributed by atoms with Crippen LogP contribution in [0, 0.1) is 11.8 Å². The lowest BCUT2D eigenvalue weighted by atomic mass is 9.89. The number of carbonyl (C=O) groups is 2. The number of hydrogen-bond acceptors (Lipinski definition) is 11. The normalized spacial score (nSPS) is 27.7. The first-order chi connectivity index (χ1) is 27.7. The summed E-state index contributed by atoms with van der Waals surface area (Å²) in [4.78, 5) is 30.5. The Morgan fingerprint density at radius 3 is 1.90 bits per heavy atom. The molecule has 0 bridgehead atoms. The fraction of sp³-hybridized carbons (Fsp3) is 0.545. The van der Waals surface area contributed by atoms with Crippen molar-refractivity contribution in [2.75, 3.05) is 7.11 Å². The third-order valence-corrected chi connectivity index (χ3v) is 16.5. The highest BCUT2D eigenvalue weighted by molar-refractivity contribution is 6.74. The predicted octanol–water partition coefficient (Wildman–Crippen LogP) is 8.77. The van der Waals surface area contributed by atoms with E-state index in [4.69, 9.17) is 37.6 Å². The number of rotatable bonds is 17. The molecule has 13 nitrogen and oxygen atoms in total. The fourth-order valence-corrected chi connectivity index (χ4v) is 9.75. The predicted molar refractivity (Wildman–Crippen MR) is 220 cm³/mol. The van der Waals surface area contributed by atoms with Gasteiger partial charge in [-0.2, -0.15) is 0 Å². The fourth-order valence-electron chi connectivity index (χ4n) is 7.28. The summed E-state index contributed by atoms with van der Waals surface area (Å²) in [5.74, 6) is -1.64. The molecule has 2 heterocycles. The molecule has 3 aromatic rings. The molecule has 2 aliphatic rings. The second-order valence-electron chi connectivity index (χ2n) is 16.3. The lowest BCUT2D eigenvalue weighted by Gasteiger charge is -2.51. The molecule has 2 aliphatic heterocycles. The third-order valence-electron chi connectivity index (χ3n) is 12.0. The zero-order valence-electron chi connectivity index (χ0n) is 35.1. The van der Waals surface area contributed by atoms with E-state index in [9.17, 15) is 15.1 Å². The first-order valence-electron chi connectivity index (χ1n) is 20.1. The van der Waals surface area contributed by atoms with Gasteiger partial charge in [0.1, 0.15) is 24.4 Å². The van der Waals surface area contributed by atoms with E-state index >= 15 is 0 Å². The van der Waals surface area contributed by atoms with Crippen molar-refractivity contribution in [3.05, 3.63) is 118 Å². The standard InChI is InChI=1S/C44H59N3O10Si/c1-10-33-37(38(52-27-31-22-16-12-17-23-31)34(46-47-45)42(53-33)57-58(8,9)44(5,6)28(2)3)56-43-39(54-40(48)32-24-18-13-19-25-32)35(29(4)36(55-43)41(49)50-7)51-26-30-20-14-11-15-21-30/h11-25,28-29,33-39,42-43H,10,26-27H2,1-9H3/t29-,33?,34?,35+,36?,37+,38-,39?,42+,43+/m1/s1. The molecule has 314 valence electrons. The van der Waals surface area contributed by atoms with Crippen molar-refractivity contribution in [3.63, 3.8) is 0 Å². The topological polar surface area (TPSA) is 157 Å². The van der Waals surface area contributed by atoms with Crippen LogP contribution in [0.4, 0.5) is 0 Å². The van der Waals surface area contributed by atoms with E-state index in [1.54, 1.807) is 37.3 Å². The molecule has 0 spiro atoms. The lowest BCUT2D eigenvalue weighted by molar-refractivity contribution is -0.337. The van der Waals surface area contributed by atoms with Crippen LogP contribution in [0.5, 0.6) is 0 Å². The van der Waals surface area contributed by atoms with Crippen molar-refractivity contribution in [1.82, 2.24) is 0 Å². The summed E-state index contributed by atoms with van der Waals surface area (Å²) in [6.45, 7) is 17.0. The number of benzene rings is 3. The van der Waals surface area contributed by atoms with Crippen molar-refractivity contribution in [3.8, 4) is 0 Å². The van der Waals surface area contributed by atoms with Gasteiger partial charge in [0.05, 0.1) is 32.0 Å². The van der Waals surface area contributed by atoms with Crippen LogP contribution < -0.4 is 0 Å². The monoisotopic (exact) mass is 817 g/mol. The lowest BCUT2D eigenvalue weighted by Crippen LogP contribution is -2.65. The molecule has 2 saturated heterocycles. The molecule has 0 aliphatic carbocycles. The van der Waals surface area contributed by atoms with Gasteiger partial charge in [0.25, 0.3) is 0 Å². The van der Waals surface area contributed by atoms with Crippen LogP contribution in [0.25, 0.3) is 10.4 Å². The Bertz CT molecular complexity index is 1810. The number of hydrogen-bond donors (Lipinski definition) is 0. The summed E-state index contributed by atoms with van der Waals surface area (Å²) in [5, 5.41) is 4.07. The summed E-state index contributed by atoms with van der Waals surface area (Å²) < 4.78 is 51.8. The Labute approximate surface area is 343 Å². The number of ether oxygens (including phenoxy) is 7. The van der Waals surface area contributed by atoms with Crippen LogP contribution in [-0.4, -0.2) is 82.6 Å². The zero-order valence-corrected chi connectivity index (χ0v) is 36.1. The summed E-state index contributed by atoms with van der Waals surface area (Å²) >= 11 is 0. The Balaban J connectivity index is 1.58. The summed E-state index contributed by atoms with van der Waals surface area (Å²) in [5.41, 5.74) is 12.1. The average Bonchev–Trinajstić information content (AvgIpc) is 3.22. The van der Waals surface area contributed by atoms with E-state index in [1.807, 2.05) is 67.6 Å². The largest absolute Gasteiger partial charge is 0.467 e. The van der Waals surface area contributed by atoms with Crippen LogP contribution in [-0.2, 0) is 55.6 Å². The smallest absolute Gasteiger partial charge is 0.338 e. The van der Waals surface area contributed by atoms with Crippen molar-refractivity contribution >= 4 is 20.3 Å². The highest BCUT2D eigenvalue weighted by Gasteiger charge is 2.56. The minimum absolute atomic E-state index is 0.146. The number of esters is 2. The van der Waals surface area contributed by atoms with Gasteiger partial charge in [-0.3, -0.25) is 0 Å². The van der Waals surface area contributed by atoms with Crippen LogP contribution in [0.3, 0.4) is 0 Å². The summed E-state index contributed by atoms with van der Waals surface area (Å²) in [6, 6.07) is 26.7. The van der Waals surface area contributed by atoms with E-state index in [1.165, 1.54) is 7.11 Å². The molecule has 14 heteroatoms.